The Morgan fingerprint density at radius 2 is 1.75 bits per heavy atom. The summed E-state index contributed by atoms with van der Waals surface area (Å²) in [6, 6.07) is 20.3. The number of hydrogen-bond acceptors (Lipinski definition) is 6. The molecule has 0 aliphatic carbocycles. The summed E-state index contributed by atoms with van der Waals surface area (Å²) in [5, 5.41) is 0. The van der Waals surface area contributed by atoms with Crippen LogP contribution >= 0.6 is 0 Å². The fraction of sp³-hybridized carbons (Fsp3) is 0.379. The van der Waals surface area contributed by atoms with Crippen LogP contribution in [-0.2, 0) is 30.8 Å². The number of aromatic nitrogens is 1. The lowest BCUT2D eigenvalue weighted by Crippen LogP contribution is -2.45. The molecule has 1 amide bonds. The number of ether oxygens (including phenoxy) is 2. The van der Waals surface area contributed by atoms with Crippen molar-refractivity contribution in [2.75, 3.05) is 46.4 Å². The number of pyridine rings is 1. The molecular weight excluding hydrogens is 452 g/mol. The van der Waals surface area contributed by atoms with Crippen LogP contribution in [0.4, 0.5) is 0 Å². The maximum atomic E-state index is 13.1. The van der Waals surface area contributed by atoms with Gasteiger partial charge in [0, 0.05) is 57.6 Å². The van der Waals surface area contributed by atoms with Gasteiger partial charge in [-0.05, 0) is 47.5 Å². The molecule has 1 saturated heterocycles. The molecule has 1 fully saturated rings. The maximum absolute atomic E-state index is 13.1. The number of carbonyl (C=O) groups excluding carboxylic acids is 1. The second-order valence-corrected chi connectivity index (χ2v) is 9.51. The summed E-state index contributed by atoms with van der Waals surface area (Å²) in [4.78, 5) is 24.4. The summed E-state index contributed by atoms with van der Waals surface area (Å²) in [7, 11) is 1.64. The van der Waals surface area contributed by atoms with Crippen molar-refractivity contribution < 1.29 is 14.3 Å². The Morgan fingerprint density at radius 3 is 2.53 bits per heavy atom. The number of carbonyl (C=O) groups is 1. The molecule has 1 aromatic heterocycles. The van der Waals surface area contributed by atoms with Crippen molar-refractivity contribution in [3.8, 4) is 11.5 Å². The predicted molar refractivity (Wildman–Crippen MR) is 139 cm³/mol. The van der Waals surface area contributed by atoms with Gasteiger partial charge in [-0.1, -0.05) is 24.3 Å². The van der Waals surface area contributed by atoms with Crippen LogP contribution in [0, 0.1) is 0 Å². The summed E-state index contributed by atoms with van der Waals surface area (Å²) in [5.41, 5.74) is 4.43. The van der Waals surface area contributed by atoms with E-state index in [4.69, 9.17) is 9.47 Å². The summed E-state index contributed by atoms with van der Waals surface area (Å²) in [6.07, 6.45) is 2.22. The van der Waals surface area contributed by atoms with E-state index in [1.54, 1.807) is 7.11 Å². The van der Waals surface area contributed by atoms with Gasteiger partial charge < -0.3 is 14.4 Å². The Morgan fingerprint density at radius 1 is 0.917 bits per heavy atom. The molecule has 0 N–H and O–H groups in total. The molecule has 7 heteroatoms. The highest BCUT2D eigenvalue weighted by molar-refractivity contribution is 5.79. The number of benzene rings is 2. The molecule has 0 radical (unpaired) electrons. The molecule has 2 aromatic carbocycles. The third-order valence-corrected chi connectivity index (χ3v) is 6.93. The maximum Gasteiger partial charge on any atom is 0.227 e. The largest absolute Gasteiger partial charge is 0.497 e. The predicted octanol–water partition coefficient (Wildman–Crippen LogP) is 3.37. The lowest BCUT2D eigenvalue weighted by Gasteiger charge is -2.34. The van der Waals surface area contributed by atoms with Crippen LogP contribution in [-0.4, -0.2) is 72.0 Å². The first kappa shape index (κ1) is 24.3. The van der Waals surface area contributed by atoms with Gasteiger partial charge >= 0.3 is 0 Å². The molecular formula is C29H34N4O3. The van der Waals surface area contributed by atoms with Crippen LogP contribution in [0.3, 0.4) is 0 Å². The van der Waals surface area contributed by atoms with E-state index in [-0.39, 0.29) is 5.91 Å². The van der Waals surface area contributed by atoms with Crippen LogP contribution < -0.4 is 9.47 Å². The summed E-state index contributed by atoms with van der Waals surface area (Å²) >= 11 is 0. The Balaban J connectivity index is 1.18. The first-order valence-corrected chi connectivity index (χ1v) is 12.7. The Bertz CT molecular complexity index is 1160. The second-order valence-electron chi connectivity index (χ2n) is 9.51. The normalized spacial score (nSPS) is 16.6. The highest BCUT2D eigenvalue weighted by atomic mass is 16.5. The van der Waals surface area contributed by atoms with Crippen molar-refractivity contribution in [2.24, 2.45) is 0 Å². The Labute approximate surface area is 213 Å². The van der Waals surface area contributed by atoms with Crippen LogP contribution in [0.25, 0.3) is 0 Å². The van der Waals surface area contributed by atoms with E-state index in [0.717, 1.165) is 67.6 Å². The molecule has 0 atom stereocenters. The van der Waals surface area contributed by atoms with Gasteiger partial charge in [-0.3, -0.25) is 19.6 Å². The number of piperazine rings is 1. The van der Waals surface area contributed by atoms with E-state index in [1.165, 1.54) is 5.56 Å². The van der Waals surface area contributed by atoms with Crippen molar-refractivity contribution in [3.63, 3.8) is 0 Å². The molecule has 5 rings (SSSR count). The molecule has 0 unspecified atom stereocenters. The van der Waals surface area contributed by atoms with Crippen LogP contribution in [0.5, 0.6) is 11.5 Å². The average molecular weight is 487 g/mol. The number of rotatable bonds is 7. The van der Waals surface area contributed by atoms with E-state index in [9.17, 15) is 4.79 Å². The minimum atomic E-state index is 0.106. The van der Waals surface area contributed by atoms with Crippen molar-refractivity contribution in [1.82, 2.24) is 19.7 Å². The van der Waals surface area contributed by atoms with Crippen LogP contribution in [0.2, 0.25) is 0 Å². The van der Waals surface area contributed by atoms with Gasteiger partial charge in [0.2, 0.25) is 5.91 Å². The molecule has 7 nitrogen and oxygen atoms in total. The molecule has 3 heterocycles. The summed E-state index contributed by atoms with van der Waals surface area (Å²) in [6.45, 7) is 7.63. The molecule has 0 bridgehead atoms. The second kappa shape index (κ2) is 11.5. The van der Waals surface area contributed by atoms with Gasteiger partial charge in [-0.2, -0.15) is 0 Å². The number of fused-ring (bicyclic) bond motifs is 1. The fourth-order valence-corrected chi connectivity index (χ4v) is 4.91. The minimum Gasteiger partial charge on any atom is -0.497 e. The first-order chi connectivity index (χ1) is 17.7. The number of methoxy groups -OCH3 is 1. The van der Waals surface area contributed by atoms with Crippen molar-refractivity contribution in [3.05, 3.63) is 89.2 Å². The highest BCUT2D eigenvalue weighted by Gasteiger charge is 2.22. The first-order valence-electron chi connectivity index (χ1n) is 12.7. The smallest absolute Gasteiger partial charge is 0.227 e. The molecule has 2 aliphatic heterocycles. The van der Waals surface area contributed by atoms with Gasteiger partial charge in [0.15, 0.2) is 0 Å². The topological polar surface area (TPSA) is 58.1 Å². The van der Waals surface area contributed by atoms with Gasteiger partial charge in [0.05, 0.1) is 25.8 Å². The van der Waals surface area contributed by atoms with E-state index in [0.29, 0.717) is 26.1 Å². The fourth-order valence-electron chi connectivity index (χ4n) is 4.91. The third-order valence-electron chi connectivity index (χ3n) is 6.93. The van der Waals surface area contributed by atoms with E-state index >= 15 is 0 Å². The van der Waals surface area contributed by atoms with Crippen molar-refractivity contribution >= 4 is 5.91 Å². The zero-order chi connectivity index (χ0) is 24.7. The van der Waals surface area contributed by atoms with Crippen LogP contribution in [0.15, 0.2) is 66.9 Å². The third kappa shape index (κ3) is 6.22. The van der Waals surface area contributed by atoms with E-state index in [2.05, 4.69) is 39.0 Å². The van der Waals surface area contributed by atoms with Crippen molar-refractivity contribution in [2.45, 2.75) is 26.1 Å². The Kier molecular flexibility index (Phi) is 7.79. The molecule has 2 aliphatic rings. The molecule has 0 saturated carbocycles. The Hall–Kier alpha value is -3.42. The highest BCUT2D eigenvalue weighted by Crippen LogP contribution is 2.26. The average Bonchev–Trinajstić information content (AvgIpc) is 3.13. The van der Waals surface area contributed by atoms with E-state index in [1.807, 2.05) is 47.5 Å². The number of amides is 1. The van der Waals surface area contributed by atoms with Crippen molar-refractivity contribution in [1.29, 1.82) is 0 Å². The summed E-state index contributed by atoms with van der Waals surface area (Å²) < 4.78 is 11.3. The summed E-state index contributed by atoms with van der Waals surface area (Å²) in [5.74, 6) is 1.76. The molecule has 0 spiro atoms. The molecule has 188 valence electrons. The van der Waals surface area contributed by atoms with Crippen LogP contribution in [0.1, 0.15) is 22.4 Å². The van der Waals surface area contributed by atoms with Gasteiger partial charge in [-0.25, -0.2) is 0 Å². The molecule has 3 aromatic rings. The minimum absolute atomic E-state index is 0.106. The van der Waals surface area contributed by atoms with Gasteiger partial charge in [0.25, 0.3) is 0 Å². The quantitative estimate of drug-likeness (QED) is 0.511. The lowest BCUT2D eigenvalue weighted by atomic mass is 10.1. The number of hydrogen-bond donors (Lipinski definition) is 0. The standard InChI is InChI=1S/C29H34N4O3/c1-35-27-7-4-5-23(18-27)19-29(34)33-15-16-36-28-9-8-24(17-25(28)21-33)20-31-11-13-32(14-12-31)22-26-6-2-3-10-30-26/h2-10,17-18H,11-16,19-22H2,1H3. The number of nitrogens with zero attached hydrogens (tertiary/aromatic N) is 4. The van der Waals surface area contributed by atoms with E-state index < -0.39 is 0 Å². The monoisotopic (exact) mass is 486 g/mol. The SMILES string of the molecule is COc1cccc(CC(=O)N2CCOc3ccc(CN4CCN(Cc5ccccn5)CC4)cc3C2)c1. The van der Waals surface area contributed by atoms with Gasteiger partial charge in [0.1, 0.15) is 18.1 Å². The zero-order valence-corrected chi connectivity index (χ0v) is 20.9. The lowest BCUT2D eigenvalue weighted by molar-refractivity contribution is -0.131. The van der Waals surface area contributed by atoms with Gasteiger partial charge in [-0.15, -0.1) is 0 Å². The zero-order valence-electron chi connectivity index (χ0n) is 20.9. The molecule has 36 heavy (non-hydrogen) atoms.